The summed E-state index contributed by atoms with van der Waals surface area (Å²) in [6.45, 7) is 0. The number of fused-ring (bicyclic) bond motifs is 2. The molecule has 7 heteroatoms. The molecule has 1 spiro atoms. The van der Waals surface area contributed by atoms with Gasteiger partial charge in [0.05, 0.1) is 11.1 Å². The van der Waals surface area contributed by atoms with Crippen LogP contribution in [0.2, 0.25) is 0 Å². The van der Waals surface area contributed by atoms with Gasteiger partial charge in [-0.25, -0.2) is 0 Å². The van der Waals surface area contributed by atoms with E-state index in [0.29, 0.717) is 10.7 Å². The lowest BCUT2D eigenvalue weighted by Gasteiger charge is -2.36. The summed E-state index contributed by atoms with van der Waals surface area (Å²) >= 11 is 3.17. The predicted molar refractivity (Wildman–Crippen MR) is 98.1 cm³/mol. The Morgan fingerprint density at radius 3 is 2.76 bits per heavy atom. The molecule has 4 rings (SSSR count). The molecule has 0 fully saturated rings. The number of hydrogen-bond acceptors (Lipinski definition) is 4. The van der Waals surface area contributed by atoms with Gasteiger partial charge in [0, 0.05) is 15.5 Å². The zero-order chi connectivity index (χ0) is 17.7. The van der Waals surface area contributed by atoms with E-state index in [2.05, 4.69) is 0 Å². The number of halogens is 3. The first kappa shape index (κ1) is 17.0. The molecular formula is C18H17F3N2S2. The van der Waals surface area contributed by atoms with Crippen molar-refractivity contribution < 1.29 is 13.2 Å². The van der Waals surface area contributed by atoms with E-state index in [-0.39, 0.29) is 5.54 Å². The van der Waals surface area contributed by atoms with Gasteiger partial charge in [-0.1, -0.05) is 23.9 Å². The van der Waals surface area contributed by atoms with Crippen LogP contribution in [0.5, 0.6) is 0 Å². The third kappa shape index (κ3) is 3.08. The van der Waals surface area contributed by atoms with E-state index in [1.54, 1.807) is 29.2 Å². The van der Waals surface area contributed by atoms with Crippen LogP contribution < -0.4 is 5.73 Å². The first-order valence-corrected chi connectivity index (χ1v) is 9.97. The number of rotatable bonds is 1. The molecule has 0 bridgehead atoms. The maximum Gasteiger partial charge on any atom is 0.416 e. The molecule has 0 saturated carbocycles. The van der Waals surface area contributed by atoms with Crippen LogP contribution in [-0.4, -0.2) is 10.9 Å². The minimum Gasteiger partial charge on any atom is -0.379 e. The van der Waals surface area contributed by atoms with Crippen molar-refractivity contribution in [3.63, 3.8) is 0 Å². The van der Waals surface area contributed by atoms with Gasteiger partial charge in [0.1, 0.15) is 0 Å². The average molecular weight is 382 g/mol. The molecule has 2 aliphatic rings. The number of nitrogens with two attached hydrogens (primary N) is 1. The molecule has 2 nitrogen and oxygen atoms in total. The van der Waals surface area contributed by atoms with Crippen LogP contribution in [0, 0.1) is 0 Å². The molecule has 0 radical (unpaired) electrons. The molecule has 2 aromatic rings. The van der Waals surface area contributed by atoms with Crippen LogP contribution in [0.15, 0.2) is 35.3 Å². The highest BCUT2D eigenvalue weighted by Gasteiger charge is 2.40. The third-order valence-electron chi connectivity index (χ3n) is 4.87. The second-order valence-corrected chi connectivity index (χ2v) is 8.71. The molecule has 2 N–H and O–H groups in total. The number of hydrogen-bond donors (Lipinski definition) is 1. The minimum absolute atomic E-state index is 0.278. The topological polar surface area (TPSA) is 38.4 Å². The number of benzene rings is 1. The fraction of sp³-hybridized carbons (Fsp3) is 0.389. The minimum atomic E-state index is -4.33. The molecule has 1 atom stereocenters. The lowest BCUT2D eigenvalue weighted by Crippen LogP contribution is -2.34. The normalized spacial score (nSPS) is 23.4. The van der Waals surface area contributed by atoms with Gasteiger partial charge in [-0.3, -0.25) is 4.99 Å². The van der Waals surface area contributed by atoms with E-state index in [1.807, 2.05) is 6.07 Å². The smallest absolute Gasteiger partial charge is 0.379 e. The Bertz CT molecular complexity index is 841. The predicted octanol–water partition coefficient (Wildman–Crippen LogP) is 5.42. The van der Waals surface area contributed by atoms with Gasteiger partial charge in [0.25, 0.3) is 0 Å². The standard InChI is InChI=1S/C18H17F3N2S2/c19-18(20,21)12-4-1-3-11(9-12)15-10-13-14(25-15)5-2-6-17(13)7-8-24-16(22)23-17/h1,3-4,9-10H,2,5-8H2,(H2,22,23). The van der Waals surface area contributed by atoms with Crippen molar-refractivity contribution in [1.29, 1.82) is 0 Å². The summed E-state index contributed by atoms with van der Waals surface area (Å²) in [4.78, 5) is 6.88. The molecule has 1 aromatic heterocycles. The average Bonchev–Trinajstić information content (AvgIpc) is 3.00. The zero-order valence-corrected chi connectivity index (χ0v) is 15.0. The number of thiophene rings is 1. The lowest BCUT2D eigenvalue weighted by molar-refractivity contribution is -0.137. The third-order valence-corrected chi connectivity index (χ3v) is 6.91. The first-order valence-electron chi connectivity index (χ1n) is 8.16. The van der Waals surface area contributed by atoms with Crippen LogP contribution >= 0.6 is 23.1 Å². The molecule has 1 aromatic carbocycles. The zero-order valence-electron chi connectivity index (χ0n) is 13.4. The summed E-state index contributed by atoms with van der Waals surface area (Å²) in [7, 11) is 0. The van der Waals surface area contributed by atoms with E-state index in [4.69, 9.17) is 10.7 Å². The van der Waals surface area contributed by atoms with E-state index >= 15 is 0 Å². The molecule has 0 saturated heterocycles. The van der Waals surface area contributed by atoms with Crippen LogP contribution in [0.25, 0.3) is 10.4 Å². The van der Waals surface area contributed by atoms with Crippen LogP contribution in [0.4, 0.5) is 13.2 Å². The highest BCUT2D eigenvalue weighted by Crippen LogP contribution is 2.49. The monoisotopic (exact) mass is 382 g/mol. The van der Waals surface area contributed by atoms with Crippen molar-refractivity contribution in [2.24, 2.45) is 10.7 Å². The van der Waals surface area contributed by atoms with E-state index in [0.717, 1.165) is 42.4 Å². The second-order valence-electron chi connectivity index (χ2n) is 6.46. The van der Waals surface area contributed by atoms with Crippen LogP contribution in [-0.2, 0) is 18.1 Å². The maximum absolute atomic E-state index is 13.0. The first-order chi connectivity index (χ1) is 11.9. The Labute approximate surface area is 152 Å². The summed E-state index contributed by atoms with van der Waals surface area (Å²) < 4.78 is 39.0. The van der Waals surface area contributed by atoms with Crippen molar-refractivity contribution in [2.45, 2.75) is 37.4 Å². The summed E-state index contributed by atoms with van der Waals surface area (Å²) in [6.07, 6.45) is -0.433. The van der Waals surface area contributed by atoms with E-state index in [1.165, 1.54) is 22.6 Å². The summed E-state index contributed by atoms with van der Waals surface area (Å²) in [6, 6.07) is 7.61. The maximum atomic E-state index is 13.0. The molecule has 1 unspecified atom stereocenters. The van der Waals surface area contributed by atoms with Gasteiger partial charge in [-0.2, -0.15) is 13.2 Å². The summed E-state index contributed by atoms with van der Waals surface area (Å²) in [5.41, 5.74) is 6.87. The Kier molecular flexibility index (Phi) is 4.11. The van der Waals surface area contributed by atoms with E-state index in [9.17, 15) is 13.2 Å². The van der Waals surface area contributed by atoms with Crippen molar-refractivity contribution in [3.8, 4) is 10.4 Å². The largest absolute Gasteiger partial charge is 0.416 e. The second kappa shape index (κ2) is 6.06. The molecule has 132 valence electrons. The Balaban J connectivity index is 1.78. The molecule has 1 aliphatic heterocycles. The molecule has 0 amide bonds. The fourth-order valence-corrected chi connectivity index (χ4v) is 5.86. The van der Waals surface area contributed by atoms with Crippen molar-refractivity contribution in [1.82, 2.24) is 0 Å². The molecule has 2 heterocycles. The number of alkyl halides is 3. The quantitative estimate of drug-likeness (QED) is 0.715. The highest BCUT2D eigenvalue weighted by molar-refractivity contribution is 8.13. The summed E-state index contributed by atoms with van der Waals surface area (Å²) in [5.74, 6) is 0.934. The number of aryl methyl sites for hydroxylation is 1. The molecule has 1 aliphatic carbocycles. The number of nitrogens with zero attached hydrogens (tertiary/aromatic N) is 1. The highest BCUT2D eigenvalue weighted by atomic mass is 32.2. The Morgan fingerprint density at radius 2 is 2.00 bits per heavy atom. The van der Waals surface area contributed by atoms with Gasteiger partial charge < -0.3 is 5.73 Å². The van der Waals surface area contributed by atoms with Gasteiger partial charge in [-0.15, -0.1) is 11.3 Å². The molecule has 25 heavy (non-hydrogen) atoms. The van der Waals surface area contributed by atoms with E-state index < -0.39 is 11.7 Å². The number of amidine groups is 1. The summed E-state index contributed by atoms with van der Waals surface area (Å²) in [5, 5.41) is 0.617. The van der Waals surface area contributed by atoms with Gasteiger partial charge in [0.15, 0.2) is 5.17 Å². The van der Waals surface area contributed by atoms with Gasteiger partial charge in [0.2, 0.25) is 0 Å². The number of thioether (sulfide) groups is 1. The van der Waals surface area contributed by atoms with Gasteiger partial charge in [-0.05, 0) is 55.0 Å². The Hall–Kier alpha value is -1.47. The number of aliphatic imine (C=N–C) groups is 1. The van der Waals surface area contributed by atoms with Crippen LogP contribution in [0.1, 0.15) is 35.3 Å². The Morgan fingerprint density at radius 1 is 1.16 bits per heavy atom. The molecular weight excluding hydrogens is 365 g/mol. The SMILES string of the molecule is NC1=NC2(CCCc3sc(-c4cccc(C(F)(F)F)c4)cc32)CCS1. The van der Waals surface area contributed by atoms with Gasteiger partial charge >= 0.3 is 6.18 Å². The van der Waals surface area contributed by atoms with Crippen LogP contribution in [0.3, 0.4) is 0 Å². The van der Waals surface area contributed by atoms with Crippen molar-refractivity contribution in [2.75, 3.05) is 5.75 Å². The fourth-order valence-electron chi connectivity index (χ4n) is 3.67. The lowest BCUT2D eigenvalue weighted by atomic mass is 9.78. The van der Waals surface area contributed by atoms with Crippen molar-refractivity contribution >= 4 is 28.3 Å². The van der Waals surface area contributed by atoms with Crippen molar-refractivity contribution in [3.05, 3.63) is 46.3 Å².